The third-order valence-electron chi connectivity index (χ3n) is 1.45. The van der Waals surface area contributed by atoms with Crippen LogP contribution in [0.15, 0.2) is 18.3 Å². The Morgan fingerprint density at radius 2 is 2.36 bits per heavy atom. The number of nitrogens with zero attached hydrogens (tertiary/aromatic N) is 2. The predicted octanol–water partition coefficient (Wildman–Crippen LogP) is 0.983. The highest BCUT2D eigenvalue weighted by atomic mass is 16.1. The van der Waals surface area contributed by atoms with Gasteiger partial charge in [-0.3, -0.25) is 9.78 Å². The fraction of sp³-hybridized carbons (Fsp3) is 0.250. The first-order valence-corrected chi connectivity index (χ1v) is 3.35. The number of rotatable bonds is 2. The van der Waals surface area contributed by atoms with Crippen molar-refractivity contribution in [2.24, 2.45) is 0 Å². The van der Waals surface area contributed by atoms with Gasteiger partial charge in [0.2, 0.25) is 6.41 Å². The summed E-state index contributed by atoms with van der Waals surface area (Å²) in [5.74, 6) is 0. The van der Waals surface area contributed by atoms with E-state index >= 15 is 0 Å². The first-order valence-electron chi connectivity index (χ1n) is 3.35. The minimum Gasteiger partial charge on any atom is -0.318 e. The van der Waals surface area contributed by atoms with Crippen LogP contribution < -0.4 is 4.90 Å². The fourth-order valence-corrected chi connectivity index (χ4v) is 0.811. The summed E-state index contributed by atoms with van der Waals surface area (Å²) < 4.78 is 0. The van der Waals surface area contributed by atoms with E-state index in [0.717, 1.165) is 17.8 Å². The molecular weight excluding hydrogens is 140 g/mol. The van der Waals surface area contributed by atoms with Crippen LogP contribution >= 0.6 is 0 Å². The third-order valence-corrected chi connectivity index (χ3v) is 1.45. The number of aromatic nitrogens is 1. The zero-order chi connectivity index (χ0) is 8.27. The average molecular weight is 150 g/mol. The number of anilines is 1. The highest BCUT2D eigenvalue weighted by Gasteiger charge is 1.96. The van der Waals surface area contributed by atoms with Gasteiger partial charge in [-0.1, -0.05) is 0 Å². The van der Waals surface area contributed by atoms with Crippen molar-refractivity contribution >= 4 is 12.1 Å². The molecule has 0 atom stereocenters. The lowest BCUT2D eigenvalue weighted by Gasteiger charge is -2.09. The van der Waals surface area contributed by atoms with E-state index in [2.05, 4.69) is 4.98 Å². The SMILES string of the molecule is Cc1cc(N(C)C=O)ccn1. The van der Waals surface area contributed by atoms with E-state index in [9.17, 15) is 4.79 Å². The number of carbonyl (C=O) groups is 1. The van der Waals surface area contributed by atoms with Crippen LogP contribution in [0, 0.1) is 6.92 Å². The minimum absolute atomic E-state index is 0.773. The van der Waals surface area contributed by atoms with Crippen molar-refractivity contribution in [2.45, 2.75) is 6.92 Å². The molecule has 0 saturated heterocycles. The van der Waals surface area contributed by atoms with E-state index in [4.69, 9.17) is 0 Å². The van der Waals surface area contributed by atoms with Gasteiger partial charge in [0.15, 0.2) is 0 Å². The van der Waals surface area contributed by atoms with Gasteiger partial charge < -0.3 is 4.90 Å². The summed E-state index contributed by atoms with van der Waals surface area (Å²) in [5, 5.41) is 0. The van der Waals surface area contributed by atoms with Crippen LogP contribution in [0.3, 0.4) is 0 Å². The molecule has 3 heteroatoms. The molecule has 0 spiro atoms. The van der Waals surface area contributed by atoms with Crippen LogP contribution in [0.5, 0.6) is 0 Å². The lowest BCUT2D eigenvalue weighted by Crippen LogP contribution is -2.13. The van der Waals surface area contributed by atoms with E-state index in [1.54, 1.807) is 19.3 Å². The second-order valence-electron chi connectivity index (χ2n) is 2.37. The van der Waals surface area contributed by atoms with Gasteiger partial charge in [0.25, 0.3) is 0 Å². The van der Waals surface area contributed by atoms with E-state index in [-0.39, 0.29) is 0 Å². The van der Waals surface area contributed by atoms with Gasteiger partial charge in [0, 0.05) is 24.6 Å². The molecule has 0 aliphatic heterocycles. The van der Waals surface area contributed by atoms with Crippen molar-refractivity contribution in [1.82, 2.24) is 4.98 Å². The largest absolute Gasteiger partial charge is 0.318 e. The lowest BCUT2D eigenvalue weighted by atomic mass is 10.3. The van der Waals surface area contributed by atoms with Gasteiger partial charge in [-0.05, 0) is 19.1 Å². The van der Waals surface area contributed by atoms with Crippen molar-refractivity contribution in [2.75, 3.05) is 11.9 Å². The van der Waals surface area contributed by atoms with Crippen LogP contribution in [-0.2, 0) is 4.79 Å². The maximum atomic E-state index is 10.3. The summed E-state index contributed by atoms with van der Waals surface area (Å²) in [7, 11) is 1.71. The molecule has 0 unspecified atom stereocenters. The second kappa shape index (κ2) is 3.14. The van der Waals surface area contributed by atoms with E-state index in [1.165, 1.54) is 4.90 Å². The van der Waals surface area contributed by atoms with Crippen LogP contribution in [0.25, 0.3) is 0 Å². The Kier molecular flexibility index (Phi) is 2.21. The number of amides is 1. The standard InChI is InChI=1S/C8H10N2O/c1-7-5-8(3-4-9-7)10(2)6-11/h3-6H,1-2H3. The second-order valence-corrected chi connectivity index (χ2v) is 2.37. The maximum absolute atomic E-state index is 10.3. The number of pyridine rings is 1. The zero-order valence-corrected chi connectivity index (χ0v) is 6.61. The maximum Gasteiger partial charge on any atom is 0.213 e. The van der Waals surface area contributed by atoms with E-state index in [0.29, 0.717) is 0 Å². The van der Waals surface area contributed by atoms with Crippen molar-refractivity contribution in [3.63, 3.8) is 0 Å². The molecule has 0 aliphatic carbocycles. The molecule has 11 heavy (non-hydrogen) atoms. The summed E-state index contributed by atoms with van der Waals surface area (Å²) in [4.78, 5) is 15.8. The molecule has 1 rings (SSSR count). The molecular formula is C8H10N2O. The van der Waals surface area contributed by atoms with E-state index in [1.807, 2.05) is 13.0 Å². The highest BCUT2D eigenvalue weighted by Crippen LogP contribution is 2.09. The molecule has 3 nitrogen and oxygen atoms in total. The summed E-state index contributed by atoms with van der Waals surface area (Å²) in [6.07, 6.45) is 2.46. The van der Waals surface area contributed by atoms with Crippen molar-refractivity contribution in [3.05, 3.63) is 24.0 Å². The van der Waals surface area contributed by atoms with Gasteiger partial charge in [-0.2, -0.15) is 0 Å². The van der Waals surface area contributed by atoms with Crippen LogP contribution in [0.2, 0.25) is 0 Å². The van der Waals surface area contributed by atoms with Gasteiger partial charge in [-0.15, -0.1) is 0 Å². The van der Waals surface area contributed by atoms with Gasteiger partial charge in [-0.25, -0.2) is 0 Å². The first-order chi connectivity index (χ1) is 5.24. The Morgan fingerprint density at radius 3 is 2.91 bits per heavy atom. The summed E-state index contributed by atoms with van der Waals surface area (Å²) >= 11 is 0. The first kappa shape index (κ1) is 7.72. The average Bonchev–Trinajstić information content (AvgIpc) is 2.03. The van der Waals surface area contributed by atoms with Crippen LogP contribution in [0.4, 0.5) is 5.69 Å². The quantitative estimate of drug-likeness (QED) is 0.589. The van der Waals surface area contributed by atoms with Crippen molar-refractivity contribution in [1.29, 1.82) is 0 Å². The summed E-state index contributed by atoms with van der Waals surface area (Å²) in [5.41, 5.74) is 1.78. The molecule has 0 fully saturated rings. The molecule has 1 amide bonds. The van der Waals surface area contributed by atoms with Gasteiger partial charge >= 0.3 is 0 Å². The lowest BCUT2D eigenvalue weighted by molar-refractivity contribution is -0.107. The normalized spacial score (nSPS) is 9.27. The van der Waals surface area contributed by atoms with Gasteiger partial charge in [0.1, 0.15) is 0 Å². The number of hydrogen-bond acceptors (Lipinski definition) is 2. The predicted molar refractivity (Wildman–Crippen MR) is 43.4 cm³/mol. The zero-order valence-electron chi connectivity index (χ0n) is 6.61. The fourth-order valence-electron chi connectivity index (χ4n) is 0.811. The Hall–Kier alpha value is -1.38. The third kappa shape index (κ3) is 1.77. The van der Waals surface area contributed by atoms with Crippen molar-refractivity contribution in [3.8, 4) is 0 Å². The molecule has 0 aromatic carbocycles. The summed E-state index contributed by atoms with van der Waals surface area (Å²) in [6, 6.07) is 3.65. The molecule has 0 N–H and O–H groups in total. The van der Waals surface area contributed by atoms with E-state index < -0.39 is 0 Å². The number of hydrogen-bond donors (Lipinski definition) is 0. The topological polar surface area (TPSA) is 33.2 Å². The molecule has 1 aromatic rings. The Bertz CT molecular complexity index is 260. The number of aryl methyl sites for hydroxylation is 1. The Morgan fingerprint density at radius 1 is 1.64 bits per heavy atom. The summed E-state index contributed by atoms with van der Waals surface area (Å²) in [6.45, 7) is 1.89. The van der Waals surface area contributed by atoms with Crippen LogP contribution in [-0.4, -0.2) is 18.4 Å². The Labute approximate surface area is 65.7 Å². The minimum atomic E-state index is 0.773. The molecule has 1 aromatic heterocycles. The molecule has 58 valence electrons. The van der Waals surface area contributed by atoms with Crippen LogP contribution in [0.1, 0.15) is 5.69 Å². The highest BCUT2D eigenvalue weighted by molar-refractivity contribution is 5.73. The molecule has 0 saturated carbocycles. The smallest absolute Gasteiger partial charge is 0.213 e. The van der Waals surface area contributed by atoms with Crippen molar-refractivity contribution < 1.29 is 4.79 Å². The molecule has 1 heterocycles. The molecule has 0 radical (unpaired) electrons. The Balaban J connectivity index is 2.95. The molecule has 0 aliphatic rings. The van der Waals surface area contributed by atoms with Gasteiger partial charge in [0.05, 0.1) is 0 Å². The molecule has 0 bridgehead atoms. The number of carbonyl (C=O) groups excluding carboxylic acids is 1. The monoisotopic (exact) mass is 150 g/mol.